The minimum Gasteiger partial charge on any atom is -0.457 e. The van der Waals surface area contributed by atoms with Gasteiger partial charge in [0.05, 0.1) is 5.02 Å². The lowest BCUT2D eigenvalue weighted by Crippen LogP contribution is -2.03. The molecule has 2 nitrogen and oxygen atoms in total. The molecule has 1 fully saturated rings. The molecule has 17 heavy (non-hydrogen) atoms. The van der Waals surface area contributed by atoms with Crippen molar-refractivity contribution in [2.75, 3.05) is 0 Å². The van der Waals surface area contributed by atoms with Gasteiger partial charge in [-0.1, -0.05) is 37.6 Å². The van der Waals surface area contributed by atoms with Crippen LogP contribution in [-0.2, 0) is 0 Å². The van der Waals surface area contributed by atoms with E-state index in [-0.39, 0.29) is 5.41 Å². The second kappa shape index (κ2) is 3.50. The molecule has 0 spiro atoms. The number of hydrogen-bond donors (Lipinski definition) is 1. The smallest absolute Gasteiger partial charge is 0.152 e. The average molecular weight is 251 g/mol. The van der Waals surface area contributed by atoms with E-state index >= 15 is 0 Å². The monoisotopic (exact) mass is 250 g/mol. The molecule has 1 heterocycles. The first-order valence-corrected chi connectivity index (χ1v) is 6.23. The molecule has 1 aliphatic rings. The Bertz CT molecular complexity index is 571. The minimum atomic E-state index is -0.520. The summed E-state index contributed by atoms with van der Waals surface area (Å²) in [5.74, 6) is 0.922. The number of benzene rings is 1. The van der Waals surface area contributed by atoms with Crippen molar-refractivity contribution in [3.8, 4) is 0 Å². The normalized spacial score (nSPS) is 23.9. The van der Waals surface area contributed by atoms with Gasteiger partial charge in [0.2, 0.25) is 0 Å². The Kier molecular flexibility index (Phi) is 2.29. The molecule has 1 aliphatic carbocycles. The van der Waals surface area contributed by atoms with Crippen LogP contribution in [0.3, 0.4) is 0 Å². The molecular formula is C14H15ClO2. The van der Waals surface area contributed by atoms with Gasteiger partial charge in [-0.2, -0.15) is 0 Å². The molecular weight excluding hydrogens is 236 g/mol. The molecule has 2 atom stereocenters. The summed E-state index contributed by atoms with van der Waals surface area (Å²) in [5.41, 5.74) is 0.893. The molecule has 90 valence electrons. The molecule has 1 N–H and O–H groups in total. The Morgan fingerprint density at radius 1 is 1.47 bits per heavy atom. The van der Waals surface area contributed by atoms with Gasteiger partial charge in [-0.3, -0.25) is 0 Å². The van der Waals surface area contributed by atoms with Gasteiger partial charge in [0.1, 0.15) is 11.9 Å². The van der Waals surface area contributed by atoms with Crippen LogP contribution < -0.4 is 0 Å². The van der Waals surface area contributed by atoms with Gasteiger partial charge < -0.3 is 9.52 Å². The fourth-order valence-corrected chi connectivity index (χ4v) is 2.66. The Morgan fingerprint density at radius 3 is 2.76 bits per heavy atom. The van der Waals surface area contributed by atoms with Crippen molar-refractivity contribution >= 4 is 22.6 Å². The Labute approximate surface area is 105 Å². The lowest BCUT2D eigenvalue weighted by atomic mass is 10.0. The molecule has 3 heteroatoms. The van der Waals surface area contributed by atoms with Gasteiger partial charge in [-0.15, -0.1) is 0 Å². The minimum absolute atomic E-state index is 0.224. The number of furan rings is 1. The second-order valence-corrected chi connectivity index (χ2v) is 5.96. The summed E-state index contributed by atoms with van der Waals surface area (Å²) in [6.45, 7) is 4.33. The summed E-state index contributed by atoms with van der Waals surface area (Å²) in [6.07, 6.45) is 0.521. The highest BCUT2D eigenvalue weighted by Crippen LogP contribution is 2.58. The second-order valence-electron chi connectivity index (χ2n) is 5.55. The molecule has 0 radical (unpaired) electrons. The van der Waals surface area contributed by atoms with E-state index in [9.17, 15) is 5.11 Å². The first-order valence-electron chi connectivity index (χ1n) is 5.85. The van der Waals surface area contributed by atoms with Crippen LogP contribution in [0.25, 0.3) is 11.0 Å². The summed E-state index contributed by atoms with van der Waals surface area (Å²) in [6, 6.07) is 7.52. The molecule has 1 aromatic heterocycles. The van der Waals surface area contributed by atoms with Crippen molar-refractivity contribution in [2.45, 2.75) is 26.4 Å². The third-order valence-electron chi connectivity index (χ3n) is 3.78. The van der Waals surface area contributed by atoms with Crippen LogP contribution in [0.4, 0.5) is 0 Å². The van der Waals surface area contributed by atoms with Crippen molar-refractivity contribution < 1.29 is 9.52 Å². The van der Waals surface area contributed by atoms with Crippen LogP contribution in [0, 0.1) is 11.3 Å². The third-order valence-corrected chi connectivity index (χ3v) is 4.08. The SMILES string of the molecule is CC1(C)CC1C(O)c1cc2cccc(Cl)c2o1. The Morgan fingerprint density at radius 2 is 2.18 bits per heavy atom. The van der Waals surface area contributed by atoms with Crippen LogP contribution in [0.1, 0.15) is 32.1 Å². The van der Waals surface area contributed by atoms with Gasteiger partial charge in [0, 0.05) is 5.39 Å². The highest BCUT2D eigenvalue weighted by atomic mass is 35.5. The Hall–Kier alpha value is -0.990. The maximum absolute atomic E-state index is 10.3. The van der Waals surface area contributed by atoms with Crippen LogP contribution in [-0.4, -0.2) is 5.11 Å². The van der Waals surface area contributed by atoms with Gasteiger partial charge in [0.25, 0.3) is 0 Å². The average Bonchev–Trinajstić information content (AvgIpc) is 2.75. The van der Waals surface area contributed by atoms with Crippen molar-refractivity contribution in [3.05, 3.63) is 35.0 Å². The Balaban J connectivity index is 1.99. The highest BCUT2D eigenvalue weighted by molar-refractivity contribution is 6.34. The van der Waals surface area contributed by atoms with Crippen LogP contribution in [0.15, 0.2) is 28.7 Å². The van der Waals surface area contributed by atoms with Gasteiger partial charge in [0.15, 0.2) is 5.58 Å². The van der Waals surface area contributed by atoms with Gasteiger partial charge in [-0.25, -0.2) is 0 Å². The van der Waals surface area contributed by atoms with E-state index in [1.54, 1.807) is 6.07 Å². The predicted molar refractivity (Wildman–Crippen MR) is 68.1 cm³/mol. The quantitative estimate of drug-likeness (QED) is 0.868. The van der Waals surface area contributed by atoms with Crippen molar-refractivity contribution in [1.29, 1.82) is 0 Å². The van der Waals surface area contributed by atoms with E-state index in [0.717, 1.165) is 11.8 Å². The zero-order chi connectivity index (χ0) is 12.2. The number of fused-ring (bicyclic) bond motifs is 1. The largest absolute Gasteiger partial charge is 0.457 e. The number of aliphatic hydroxyl groups is 1. The third kappa shape index (κ3) is 1.76. The summed E-state index contributed by atoms with van der Waals surface area (Å²) in [7, 11) is 0. The molecule has 0 saturated heterocycles. The maximum atomic E-state index is 10.3. The van der Waals surface area contributed by atoms with Gasteiger partial charge in [-0.05, 0) is 29.9 Å². The van der Waals surface area contributed by atoms with Crippen molar-refractivity contribution in [1.82, 2.24) is 0 Å². The van der Waals surface area contributed by atoms with E-state index in [1.807, 2.05) is 18.2 Å². The maximum Gasteiger partial charge on any atom is 0.152 e. The summed E-state index contributed by atoms with van der Waals surface area (Å²) in [5, 5.41) is 11.8. The van der Waals surface area contributed by atoms with Crippen LogP contribution in [0.2, 0.25) is 5.02 Å². The fraction of sp³-hybridized carbons (Fsp3) is 0.429. The first-order chi connectivity index (χ1) is 7.99. The summed E-state index contributed by atoms with van der Waals surface area (Å²) >= 11 is 6.05. The molecule has 2 unspecified atom stereocenters. The van der Waals surface area contributed by atoms with Gasteiger partial charge >= 0.3 is 0 Å². The lowest BCUT2D eigenvalue weighted by molar-refractivity contribution is 0.115. The molecule has 3 rings (SSSR count). The molecule has 2 aromatic rings. The number of halogens is 1. The zero-order valence-electron chi connectivity index (χ0n) is 9.90. The van der Waals surface area contributed by atoms with E-state index in [1.165, 1.54) is 0 Å². The first kappa shape index (κ1) is 11.1. The number of hydrogen-bond acceptors (Lipinski definition) is 2. The molecule has 0 aliphatic heterocycles. The molecule has 1 aromatic carbocycles. The molecule has 1 saturated carbocycles. The standard InChI is InChI=1S/C14H15ClO2/c1-14(2)7-9(14)12(16)11-6-8-4-3-5-10(15)13(8)17-11/h3-6,9,12,16H,7H2,1-2H3. The van der Waals surface area contributed by atoms with E-state index in [4.69, 9.17) is 16.0 Å². The number of rotatable bonds is 2. The molecule has 0 bridgehead atoms. The predicted octanol–water partition coefficient (Wildman–Crippen LogP) is 4.17. The summed E-state index contributed by atoms with van der Waals surface area (Å²) in [4.78, 5) is 0. The van der Waals surface area contributed by atoms with Crippen molar-refractivity contribution in [2.24, 2.45) is 11.3 Å². The summed E-state index contributed by atoms with van der Waals surface area (Å²) < 4.78 is 5.67. The van der Waals surface area contributed by atoms with E-state index in [2.05, 4.69) is 13.8 Å². The highest BCUT2D eigenvalue weighted by Gasteiger charge is 2.51. The van der Waals surface area contributed by atoms with E-state index in [0.29, 0.717) is 22.3 Å². The topological polar surface area (TPSA) is 33.4 Å². The lowest BCUT2D eigenvalue weighted by Gasteiger charge is -2.08. The van der Waals surface area contributed by atoms with E-state index < -0.39 is 6.10 Å². The van der Waals surface area contributed by atoms with Crippen LogP contribution in [0.5, 0.6) is 0 Å². The number of aliphatic hydroxyl groups excluding tert-OH is 1. The number of para-hydroxylation sites is 1. The van der Waals surface area contributed by atoms with Crippen molar-refractivity contribution in [3.63, 3.8) is 0 Å². The molecule has 0 amide bonds. The van der Waals surface area contributed by atoms with Crippen LogP contribution >= 0.6 is 11.6 Å². The zero-order valence-corrected chi connectivity index (χ0v) is 10.7. The fourth-order valence-electron chi connectivity index (χ4n) is 2.44.